The smallest absolute Gasteiger partial charge is 0.307 e. The van der Waals surface area contributed by atoms with Gasteiger partial charge in [0, 0.05) is 19.0 Å². The van der Waals surface area contributed by atoms with Crippen LogP contribution < -0.4 is 0 Å². The number of nitrogens with zero attached hydrogens (tertiary/aromatic N) is 2. The van der Waals surface area contributed by atoms with Crippen LogP contribution in [-0.4, -0.2) is 42.5 Å². The lowest BCUT2D eigenvalue weighted by molar-refractivity contribution is -0.141. The van der Waals surface area contributed by atoms with E-state index in [-0.39, 0.29) is 24.7 Å². The van der Waals surface area contributed by atoms with E-state index in [1.165, 1.54) is 23.3 Å². The molecule has 0 N–H and O–H groups in total. The number of hydrogen-bond acceptors (Lipinski definition) is 5. The van der Waals surface area contributed by atoms with Gasteiger partial charge in [0.2, 0.25) is 5.91 Å². The second-order valence-corrected chi connectivity index (χ2v) is 4.74. The van der Waals surface area contributed by atoms with E-state index < -0.39 is 0 Å². The largest absolute Gasteiger partial charge is 0.469 e. The van der Waals surface area contributed by atoms with E-state index in [1.807, 2.05) is 12.3 Å². The van der Waals surface area contributed by atoms with E-state index in [1.54, 1.807) is 7.05 Å². The highest BCUT2D eigenvalue weighted by atomic mass is 32.1. The first-order valence-electron chi connectivity index (χ1n) is 5.24. The average molecular weight is 256 g/mol. The molecule has 0 fully saturated rings. The van der Waals surface area contributed by atoms with Crippen molar-refractivity contribution in [1.82, 2.24) is 9.88 Å². The molecule has 1 amide bonds. The van der Waals surface area contributed by atoms with Gasteiger partial charge >= 0.3 is 5.97 Å². The minimum absolute atomic E-state index is 0.0424. The number of ether oxygens (including phenoxy) is 1. The van der Waals surface area contributed by atoms with Crippen LogP contribution in [0.5, 0.6) is 0 Å². The molecule has 0 saturated heterocycles. The predicted octanol–water partition coefficient (Wildman–Crippen LogP) is 1.02. The average Bonchev–Trinajstić information content (AvgIpc) is 2.70. The van der Waals surface area contributed by atoms with Crippen LogP contribution in [0.3, 0.4) is 0 Å². The third kappa shape index (κ3) is 4.52. The Bertz CT molecular complexity index is 403. The Kier molecular flexibility index (Phi) is 5.09. The lowest BCUT2D eigenvalue weighted by atomic mass is 10.3. The predicted molar refractivity (Wildman–Crippen MR) is 64.8 cm³/mol. The van der Waals surface area contributed by atoms with Gasteiger partial charge in [-0.15, -0.1) is 11.3 Å². The maximum Gasteiger partial charge on any atom is 0.307 e. The highest BCUT2D eigenvalue weighted by Crippen LogP contribution is 2.09. The van der Waals surface area contributed by atoms with E-state index in [9.17, 15) is 9.59 Å². The minimum atomic E-state index is -0.311. The molecule has 0 aliphatic rings. The summed E-state index contributed by atoms with van der Waals surface area (Å²) in [5, 5.41) is 2.83. The number of aryl methyl sites for hydroxylation is 1. The van der Waals surface area contributed by atoms with Crippen LogP contribution in [0.2, 0.25) is 0 Å². The van der Waals surface area contributed by atoms with Crippen molar-refractivity contribution in [3.8, 4) is 0 Å². The maximum atomic E-state index is 11.8. The normalized spacial score (nSPS) is 10.1. The Morgan fingerprint density at radius 3 is 2.76 bits per heavy atom. The molecule has 1 aromatic rings. The van der Waals surface area contributed by atoms with Gasteiger partial charge in [-0.3, -0.25) is 9.59 Å². The number of esters is 1. The topological polar surface area (TPSA) is 59.5 Å². The summed E-state index contributed by atoms with van der Waals surface area (Å²) in [6, 6.07) is 0. The highest BCUT2D eigenvalue weighted by molar-refractivity contribution is 7.09. The molecule has 0 saturated carbocycles. The molecule has 0 atom stereocenters. The molecule has 0 aliphatic carbocycles. The zero-order valence-electron chi connectivity index (χ0n) is 10.2. The summed E-state index contributed by atoms with van der Waals surface area (Å²) in [6.45, 7) is 2.27. The van der Waals surface area contributed by atoms with Gasteiger partial charge in [-0.2, -0.15) is 0 Å². The van der Waals surface area contributed by atoms with E-state index in [4.69, 9.17) is 0 Å². The number of aromatic nitrogens is 1. The van der Waals surface area contributed by atoms with E-state index in [2.05, 4.69) is 9.72 Å². The van der Waals surface area contributed by atoms with Crippen LogP contribution >= 0.6 is 11.3 Å². The van der Waals surface area contributed by atoms with Gasteiger partial charge in [-0.05, 0) is 6.92 Å². The van der Waals surface area contributed by atoms with Gasteiger partial charge in [0.05, 0.1) is 30.7 Å². The summed E-state index contributed by atoms with van der Waals surface area (Å²) in [7, 11) is 3.01. The fourth-order valence-electron chi connectivity index (χ4n) is 1.27. The fraction of sp³-hybridized carbons (Fsp3) is 0.545. The molecule has 0 spiro atoms. The van der Waals surface area contributed by atoms with Crippen molar-refractivity contribution in [3.63, 3.8) is 0 Å². The zero-order valence-corrected chi connectivity index (χ0v) is 11.0. The summed E-state index contributed by atoms with van der Waals surface area (Å²) >= 11 is 1.52. The van der Waals surface area contributed by atoms with Gasteiger partial charge in [-0.25, -0.2) is 4.98 Å². The van der Waals surface area contributed by atoms with Crippen molar-refractivity contribution in [1.29, 1.82) is 0 Å². The Morgan fingerprint density at radius 1 is 1.53 bits per heavy atom. The van der Waals surface area contributed by atoms with Crippen LogP contribution in [0.25, 0.3) is 0 Å². The summed E-state index contributed by atoms with van der Waals surface area (Å²) < 4.78 is 4.51. The third-order valence-corrected chi connectivity index (χ3v) is 3.13. The Balaban J connectivity index is 2.39. The van der Waals surface area contributed by atoms with Gasteiger partial charge in [0.15, 0.2) is 0 Å². The third-order valence-electron chi connectivity index (χ3n) is 2.30. The standard InChI is InChI=1S/C11H16N2O3S/c1-8-12-9(7-17-8)6-10(14)13(2)5-4-11(15)16-3/h7H,4-6H2,1-3H3. The summed E-state index contributed by atoms with van der Waals surface area (Å²) in [6.07, 6.45) is 0.497. The molecule has 0 aromatic carbocycles. The van der Waals surface area contributed by atoms with Gasteiger partial charge in [-0.1, -0.05) is 0 Å². The van der Waals surface area contributed by atoms with E-state index >= 15 is 0 Å². The quantitative estimate of drug-likeness (QED) is 0.738. The molecule has 1 aromatic heterocycles. The monoisotopic (exact) mass is 256 g/mol. The van der Waals surface area contributed by atoms with Crippen molar-refractivity contribution in [2.24, 2.45) is 0 Å². The summed E-state index contributed by atoms with van der Waals surface area (Å²) in [5.41, 5.74) is 0.780. The van der Waals surface area contributed by atoms with Crippen LogP contribution in [-0.2, 0) is 20.7 Å². The van der Waals surface area contributed by atoms with Crippen LogP contribution in [0.1, 0.15) is 17.1 Å². The lowest BCUT2D eigenvalue weighted by Gasteiger charge is -2.15. The van der Waals surface area contributed by atoms with Crippen molar-refractivity contribution in [3.05, 3.63) is 16.1 Å². The Labute approximate surface area is 104 Å². The molecule has 0 aliphatic heterocycles. The van der Waals surface area contributed by atoms with Crippen LogP contribution in [0, 0.1) is 6.92 Å². The van der Waals surface area contributed by atoms with Crippen LogP contribution in [0.15, 0.2) is 5.38 Å². The molecule has 0 unspecified atom stereocenters. The molecule has 0 radical (unpaired) electrons. The first-order chi connectivity index (χ1) is 8.02. The molecule has 94 valence electrons. The molecule has 0 bridgehead atoms. The molecule has 1 heterocycles. The number of likely N-dealkylation sites (N-methyl/N-ethyl adjacent to an activating group) is 1. The summed E-state index contributed by atoms with van der Waals surface area (Å²) in [5.74, 6) is -0.353. The second-order valence-electron chi connectivity index (χ2n) is 3.68. The van der Waals surface area contributed by atoms with Crippen molar-refractivity contribution < 1.29 is 14.3 Å². The van der Waals surface area contributed by atoms with Gasteiger partial charge in [0.25, 0.3) is 0 Å². The fourth-order valence-corrected chi connectivity index (χ4v) is 1.88. The first kappa shape index (κ1) is 13.6. The summed E-state index contributed by atoms with van der Waals surface area (Å²) in [4.78, 5) is 28.4. The van der Waals surface area contributed by atoms with Crippen LogP contribution in [0.4, 0.5) is 0 Å². The first-order valence-corrected chi connectivity index (χ1v) is 6.12. The molecule has 6 heteroatoms. The number of rotatable bonds is 5. The Morgan fingerprint density at radius 2 is 2.24 bits per heavy atom. The second kappa shape index (κ2) is 6.34. The van der Waals surface area contributed by atoms with Crippen molar-refractivity contribution >= 4 is 23.2 Å². The van der Waals surface area contributed by atoms with E-state index in [0.29, 0.717) is 6.54 Å². The van der Waals surface area contributed by atoms with Crippen molar-refractivity contribution in [2.75, 3.05) is 20.7 Å². The van der Waals surface area contributed by atoms with E-state index in [0.717, 1.165) is 10.7 Å². The lowest BCUT2D eigenvalue weighted by Crippen LogP contribution is -2.30. The van der Waals surface area contributed by atoms with Gasteiger partial charge < -0.3 is 9.64 Å². The molecule has 17 heavy (non-hydrogen) atoms. The Hall–Kier alpha value is -1.43. The number of methoxy groups -OCH3 is 1. The maximum absolute atomic E-state index is 11.8. The molecule has 1 rings (SSSR count). The minimum Gasteiger partial charge on any atom is -0.469 e. The van der Waals surface area contributed by atoms with Gasteiger partial charge in [0.1, 0.15) is 0 Å². The number of hydrogen-bond donors (Lipinski definition) is 0. The zero-order chi connectivity index (χ0) is 12.8. The number of carbonyl (C=O) groups is 2. The van der Waals surface area contributed by atoms with Crippen molar-refractivity contribution in [2.45, 2.75) is 19.8 Å². The SMILES string of the molecule is COC(=O)CCN(C)C(=O)Cc1csc(C)n1. The number of carbonyl (C=O) groups excluding carboxylic acids is 2. The number of amides is 1. The number of thiazole rings is 1. The molecule has 5 nitrogen and oxygen atoms in total. The molecular formula is C11H16N2O3S. The molecular weight excluding hydrogens is 240 g/mol. The highest BCUT2D eigenvalue weighted by Gasteiger charge is 2.12.